The second-order valence-corrected chi connectivity index (χ2v) is 20.0. The van der Waals surface area contributed by atoms with Gasteiger partial charge in [-0.25, -0.2) is 15.0 Å². The van der Waals surface area contributed by atoms with Gasteiger partial charge in [0.15, 0.2) is 0 Å². The van der Waals surface area contributed by atoms with Gasteiger partial charge in [-0.05, 0) is 55.8 Å². The summed E-state index contributed by atoms with van der Waals surface area (Å²) in [7, 11) is -1.18. The van der Waals surface area contributed by atoms with E-state index in [1.54, 1.807) is 12.5 Å². The molecule has 6 rings (SSSR count). The Morgan fingerprint density at radius 3 is 2.61 bits per heavy atom. The number of nitrogens with zero attached hydrogens (tertiary/aromatic N) is 8. The third kappa shape index (κ3) is 7.98. The molecule has 2 fully saturated rings. The van der Waals surface area contributed by atoms with E-state index in [-0.39, 0.29) is 31.1 Å². The topological polar surface area (TPSA) is 127 Å². The number of hydrogen-bond acceptors (Lipinski definition) is 9. The highest BCUT2D eigenvalue weighted by Gasteiger charge is 2.49. The van der Waals surface area contributed by atoms with E-state index < -0.39 is 25.5 Å². The number of piperidine rings is 1. The number of nitriles is 1. The maximum atomic E-state index is 13.4. The zero-order valence-electron chi connectivity index (χ0n) is 28.2. The molecule has 1 saturated heterocycles. The SMILES string of the molecule is C[Si](C)(C)CCOCn1ccc2c(-c3cnn([C@]4(CC#N)C[C@@H](N5CCC(Oc6cc(CCO)cc(C(F)(F)F)n6)CC5)C4)c3)ncnc21. The van der Waals surface area contributed by atoms with Gasteiger partial charge in [0.25, 0.3) is 0 Å². The number of halogens is 3. The number of aliphatic hydroxyl groups is 1. The van der Waals surface area contributed by atoms with Gasteiger partial charge in [-0.3, -0.25) is 9.58 Å². The Hall–Kier alpha value is -3.84. The zero-order chi connectivity index (χ0) is 34.8. The summed E-state index contributed by atoms with van der Waals surface area (Å²) in [6.07, 6.45) is 5.67. The van der Waals surface area contributed by atoms with Crippen molar-refractivity contribution in [2.45, 2.75) is 94.8 Å². The van der Waals surface area contributed by atoms with Gasteiger partial charge in [0.2, 0.25) is 5.88 Å². The molecule has 1 saturated carbocycles. The lowest BCUT2D eigenvalue weighted by molar-refractivity contribution is -0.141. The Kier molecular flexibility index (Phi) is 10.1. The van der Waals surface area contributed by atoms with Crippen molar-refractivity contribution in [3.63, 3.8) is 0 Å². The second-order valence-electron chi connectivity index (χ2n) is 14.4. The summed E-state index contributed by atoms with van der Waals surface area (Å²) in [6, 6.07) is 8.15. The smallest absolute Gasteiger partial charge is 0.433 e. The third-order valence-corrected chi connectivity index (χ3v) is 11.3. The molecule has 4 aromatic heterocycles. The van der Waals surface area contributed by atoms with Crippen molar-refractivity contribution in [1.29, 1.82) is 5.26 Å². The lowest BCUT2D eigenvalue weighted by atomic mass is 9.69. The lowest BCUT2D eigenvalue weighted by Crippen LogP contribution is -2.58. The average molecular weight is 697 g/mol. The monoisotopic (exact) mass is 696 g/mol. The summed E-state index contributed by atoms with van der Waals surface area (Å²) in [4.78, 5) is 15.2. The number of rotatable bonds is 13. The molecule has 262 valence electrons. The molecule has 0 bridgehead atoms. The minimum Gasteiger partial charge on any atom is -0.474 e. The van der Waals surface area contributed by atoms with E-state index in [1.807, 2.05) is 27.7 Å². The van der Waals surface area contributed by atoms with Crippen LogP contribution in [0.1, 0.15) is 43.4 Å². The van der Waals surface area contributed by atoms with Crippen LogP contribution in [0.4, 0.5) is 13.2 Å². The van der Waals surface area contributed by atoms with Crippen LogP contribution in [-0.2, 0) is 29.6 Å². The fraction of sp³-hybridized carbons (Fsp3) is 0.559. The van der Waals surface area contributed by atoms with E-state index in [0.717, 1.165) is 66.9 Å². The number of fused-ring (bicyclic) bond motifs is 1. The molecule has 1 N–H and O–H groups in total. The maximum Gasteiger partial charge on any atom is 0.433 e. The van der Waals surface area contributed by atoms with Gasteiger partial charge in [0, 0.05) is 69.8 Å². The lowest BCUT2D eigenvalue weighted by Gasteiger charge is -2.52. The standard InChI is InChI=1S/C34H43F3N8O3Si/c1-49(2,3)15-14-47-23-44-12-6-28-31(39-22-40-32(28)44)25-20-41-45(21-25)33(8-9-38)18-26(19-33)43-10-4-27(5-11-43)48-30-17-24(7-13-46)16-29(42-30)34(35,36)37/h6,12,16-17,20-22,26-27,46H,4-5,7-8,10-11,13-15,18-19,23H2,1-3H3/t26-,33-. The molecule has 0 spiro atoms. The van der Waals surface area contributed by atoms with Gasteiger partial charge in [-0.15, -0.1) is 0 Å². The van der Waals surface area contributed by atoms with Crippen molar-refractivity contribution in [3.05, 3.63) is 54.4 Å². The van der Waals surface area contributed by atoms with Crippen molar-refractivity contribution in [2.75, 3.05) is 26.3 Å². The number of aliphatic hydroxyl groups excluding tert-OH is 1. The predicted molar refractivity (Wildman–Crippen MR) is 179 cm³/mol. The number of likely N-dealkylation sites (tertiary alicyclic amines) is 1. The van der Waals surface area contributed by atoms with E-state index in [9.17, 15) is 23.5 Å². The van der Waals surface area contributed by atoms with Crippen LogP contribution in [-0.4, -0.2) is 85.8 Å². The molecule has 11 nitrogen and oxygen atoms in total. The van der Waals surface area contributed by atoms with E-state index in [4.69, 9.17) is 14.6 Å². The average Bonchev–Trinajstić information content (AvgIpc) is 3.69. The van der Waals surface area contributed by atoms with Crippen LogP contribution in [0, 0.1) is 11.3 Å². The molecule has 49 heavy (non-hydrogen) atoms. The van der Waals surface area contributed by atoms with Crippen LogP contribution in [0.3, 0.4) is 0 Å². The maximum absolute atomic E-state index is 13.4. The Bertz CT molecular complexity index is 1780. The fourth-order valence-electron chi connectivity index (χ4n) is 6.79. The van der Waals surface area contributed by atoms with Gasteiger partial charge >= 0.3 is 6.18 Å². The van der Waals surface area contributed by atoms with Gasteiger partial charge in [0.1, 0.15) is 30.5 Å². The van der Waals surface area contributed by atoms with Gasteiger partial charge < -0.3 is 19.1 Å². The van der Waals surface area contributed by atoms with E-state index in [0.29, 0.717) is 31.6 Å². The number of hydrogen-bond donors (Lipinski definition) is 1. The highest BCUT2D eigenvalue weighted by atomic mass is 28.3. The number of alkyl halides is 3. The number of ether oxygens (including phenoxy) is 2. The highest BCUT2D eigenvalue weighted by molar-refractivity contribution is 6.76. The Balaban J connectivity index is 1.08. The van der Waals surface area contributed by atoms with Crippen LogP contribution >= 0.6 is 0 Å². The quantitative estimate of drug-likeness (QED) is 0.135. The number of aromatic nitrogens is 6. The first-order valence-corrected chi connectivity index (χ1v) is 20.5. The third-order valence-electron chi connectivity index (χ3n) is 9.60. The van der Waals surface area contributed by atoms with Crippen molar-refractivity contribution < 1.29 is 27.8 Å². The molecule has 15 heteroatoms. The van der Waals surface area contributed by atoms with E-state index in [1.165, 1.54) is 6.07 Å². The van der Waals surface area contributed by atoms with Crippen LogP contribution < -0.4 is 4.74 Å². The molecular weight excluding hydrogens is 654 g/mol. The van der Waals surface area contributed by atoms with Crippen molar-refractivity contribution in [1.82, 2.24) is 34.2 Å². The second kappa shape index (κ2) is 14.2. The molecule has 2 aliphatic rings. The van der Waals surface area contributed by atoms with Crippen LogP contribution in [0.2, 0.25) is 25.7 Å². The minimum atomic E-state index is -4.60. The summed E-state index contributed by atoms with van der Waals surface area (Å²) in [5.41, 5.74) is 1.31. The minimum absolute atomic E-state index is 0.0637. The summed E-state index contributed by atoms with van der Waals surface area (Å²) in [5, 5.41) is 24.6. The molecule has 0 unspecified atom stereocenters. The Labute approximate surface area is 284 Å². The molecule has 1 aliphatic heterocycles. The van der Waals surface area contributed by atoms with Gasteiger partial charge in [-0.2, -0.15) is 23.5 Å². The summed E-state index contributed by atoms with van der Waals surface area (Å²) in [5.74, 6) is -0.0637. The van der Waals surface area contributed by atoms with Crippen molar-refractivity contribution in [2.24, 2.45) is 0 Å². The summed E-state index contributed by atoms with van der Waals surface area (Å²) >= 11 is 0. The van der Waals surface area contributed by atoms with Crippen LogP contribution in [0.15, 0.2) is 43.1 Å². The Morgan fingerprint density at radius 2 is 1.92 bits per heavy atom. The summed E-state index contributed by atoms with van der Waals surface area (Å²) < 4.78 is 56.0. The molecule has 0 amide bonds. The molecule has 0 radical (unpaired) electrons. The molecular formula is C34H43F3N8O3Si. The molecule has 0 atom stereocenters. The summed E-state index contributed by atoms with van der Waals surface area (Å²) in [6.45, 7) is 9.32. The number of pyridine rings is 1. The normalized spacial score (nSPS) is 20.7. The Morgan fingerprint density at radius 1 is 1.14 bits per heavy atom. The predicted octanol–water partition coefficient (Wildman–Crippen LogP) is 5.87. The van der Waals surface area contributed by atoms with E-state index in [2.05, 4.69) is 45.6 Å². The zero-order valence-corrected chi connectivity index (χ0v) is 29.2. The molecule has 0 aromatic carbocycles. The van der Waals surface area contributed by atoms with Crippen LogP contribution in [0.5, 0.6) is 5.88 Å². The van der Waals surface area contributed by atoms with Crippen LogP contribution in [0.25, 0.3) is 22.3 Å². The highest BCUT2D eigenvalue weighted by Crippen LogP contribution is 2.46. The van der Waals surface area contributed by atoms with Crippen molar-refractivity contribution in [3.8, 4) is 23.2 Å². The molecule has 1 aliphatic carbocycles. The van der Waals surface area contributed by atoms with Gasteiger partial charge in [0.05, 0.1) is 29.9 Å². The molecule has 5 heterocycles. The van der Waals surface area contributed by atoms with E-state index >= 15 is 0 Å². The fourth-order valence-corrected chi connectivity index (χ4v) is 7.54. The van der Waals surface area contributed by atoms with Crippen molar-refractivity contribution >= 4 is 19.1 Å². The first-order chi connectivity index (χ1) is 23.4. The molecule has 4 aromatic rings. The largest absolute Gasteiger partial charge is 0.474 e. The van der Waals surface area contributed by atoms with Gasteiger partial charge in [-0.1, -0.05) is 19.6 Å². The first kappa shape index (κ1) is 35.0. The first-order valence-electron chi connectivity index (χ1n) is 16.8.